The predicted octanol–water partition coefficient (Wildman–Crippen LogP) is 15.7. The maximum Gasteiger partial charge on any atom is 0.143 e. The van der Waals surface area contributed by atoms with Gasteiger partial charge >= 0.3 is 0 Å². The van der Waals surface area contributed by atoms with Crippen molar-refractivity contribution in [1.29, 1.82) is 0 Å². The Morgan fingerprint density at radius 3 is 1.60 bits per heavy atom. The van der Waals surface area contributed by atoms with Crippen LogP contribution in [0.15, 0.2) is 158 Å². The molecule has 0 bridgehead atoms. The van der Waals surface area contributed by atoms with Gasteiger partial charge in [-0.2, -0.15) is 0 Å². The first-order valence-electron chi connectivity index (χ1n) is 19.5. The third kappa shape index (κ3) is 5.61. The minimum absolute atomic E-state index is 0.0703. The second-order valence-corrected chi connectivity index (χ2v) is 17.4. The molecule has 0 aromatic heterocycles. The Morgan fingerprint density at radius 1 is 0.345 bits per heavy atom. The fraction of sp³-hybridized carbons (Fsp3) is 0.148. The van der Waals surface area contributed by atoms with Gasteiger partial charge in [0.05, 0.1) is 0 Å². The molecule has 0 atom stereocenters. The van der Waals surface area contributed by atoms with Gasteiger partial charge in [-0.05, 0) is 117 Å². The fourth-order valence-electron chi connectivity index (χ4n) is 8.58. The third-order valence-corrected chi connectivity index (χ3v) is 11.7. The highest BCUT2D eigenvalue weighted by Gasteiger charge is 2.25. The van der Waals surface area contributed by atoms with Crippen LogP contribution in [-0.4, -0.2) is 0 Å². The molecule has 0 saturated heterocycles. The third-order valence-electron chi connectivity index (χ3n) is 11.7. The molecule has 0 amide bonds. The molecule has 1 aliphatic heterocycles. The van der Waals surface area contributed by atoms with E-state index in [1.54, 1.807) is 0 Å². The molecule has 1 nitrogen and oxygen atoms in total. The topological polar surface area (TPSA) is 9.23 Å². The maximum atomic E-state index is 6.86. The first kappa shape index (κ1) is 33.4. The summed E-state index contributed by atoms with van der Waals surface area (Å²) in [5.41, 5.74) is 12.5. The van der Waals surface area contributed by atoms with Crippen LogP contribution in [-0.2, 0) is 10.8 Å². The minimum Gasteiger partial charge on any atom is -0.455 e. The summed E-state index contributed by atoms with van der Waals surface area (Å²) in [5.74, 6) is 1.84. The van der Waals surface area contributed by atoms with E-state index >= 15 is 0 Å². The Labute approximate surface area is 323 Å². The van der Waals surface area contributed by atoms with Crippen LogP contribution in [0.25, 0.3) is 87.6 Å². The van der Waals surface area contributed by atoms with Gasteiger partial charge in [0, 0.05) is 16.5 Å². The van der Waals surface area contributed by atoms with Crippen molar-refractivity contribution in [2.75, 3.05) is 0 Å². The summed E-state index contributed by atoms with van der Waals surface area (Å²) in [7, 11) is 0. The smallest absolute Gasteiger partial charge is 0.143 e. The SMILES string of the molecule is CC(C)(C)c1cc(-c2cccc(-c3ccc4c(ccc5cc(-c6cccc7c6Oc6cc8ccccc8c8cccc-7c68)ccc54)c3)c2)cc(C(C)(C)C)c1. The first-order valence-corrected chi connectivity index (χ1v) is 19.5. The molecule has 0 aliphatic carbocycles. The Bertz CT molecular complexity index is 2990. The molecule has 1 heteroatoms. The number of para-hydroxylation sites is 1. The van der Waals surface area contributed by atoms with Crippen molar-refractivity contribution in [3.05, 3.63) is 169 Å². The van der Waals surface area contributed by atoms with Gasteiger partial charge in [-0.1, -0.05) is 175 Å². The van der Waals surface area contributed by atoms with E-state index in [4.69, 9.17) is 4.74 Å². The van der Waals surface area contributed by atoms with E-state index in [1.165, 1.54) is 82.0 Å². The van der Waals surface area contributed by atoms with Crippen molar-refractivity contribution in [2.24, 2.45) is 0 Å². The molecule has 10 rings (SSSR count). The van der Waals surface area contributed by atoms with Gasteiger partial charge in [-0.3, -0.25) is 0 Å². The van der Waals surface area contributed by atoms with E-state index in [2.05, 4.69) is 199 Å². The molecule has 9 aromatic rings. The molecule has 0 spiro atoms. The lowest BCUT2D eigenvalue weighted by Gasteiger charge is -2.26. The normalized spacial score (nSPS) is 12.7. The van der Waals surface area contributed by atoms with Crippen molar-refractivity contribution in [2.45, 2.75) is 52.4 Å². The van der Waals surface area contributed by atoms with Crippen LogP contribution in [0.2, 0.25) is 0 Å². The first-order chi connectivity index (χ1) is 26.5. The molecule has 0 saturated carbocycles. The van der Waals surface area contributed by atoms with E-state index in [1.807, 2.05) is 0 Å². The average Bonchev–Trinajstić information content (AvgIpc) is 3.19. The van der Waals surface area contributed by atoms with Crippen molar-refractivity contribution < 1.29 is 4.74 Å². The standard InChI is InChI=1S/C54H44O/c1-53(2,3)41-29-40(30-42(32-41)54(4,5)6)34-14-9-13-33(26-34)35-22-24-44-37(27-35)20-21-38-28-39(23-25-45(38)44)46-16-10-19-49-48-18-11-17-47-43-15-8-7-12-36(43)31-50(51(47)48)55-52(46)49/h7-32H,1-6H3. The van der Waals surface area contributed by atoms with E-state index in [-0.39, 0.29) is 10.8 Å². The zero-order chi connectivity index (χ0) is 37.6. The number of benzene rings is 9. The molecule has 55 heavy (non-hydrogen) atoms. The van der Waals surface area contributed by atoms with Crippen molar-refractivity contribution >= 4 is 43.1 Å². The second kappa shape index (κ2) is 12.2. The van der Waals surface area contributed by atoms with Crippen LogP contribution >= 0.6 is 0 Å². The molecule has 9 aromatic carbocycles. The van der Waals surface area contributed by atoms with Crippen molar-refractivity contribution in [3.8, 4) is 56.0 Å². The summed E-state index contributed by atoms with van der Waals surface area (Å²) in [5, 5.41) is 9.84. The van der Waals surface area contributed by atoms with E-state index in [0.29, 0.717) is 0 Å². The highest BCUT2D eigenvalue weighted by Crippen LogP contribution is 2.52. The largest absolute Gasteiger partial charge is 0.455 e. The van der Waals surface area contributed by atoms with Crippen LogP contribution in [0.3, 0.4) is 0 Å². The quantitative estimate of drug-likeness (QED) is 0.166. The Balaban J connectivity index is 1.02. The average molecular weight is 709 g/mol. The van der Waals surface area contributed by atoms with Gasteiger partial charge in [0.25, 0.3) is 0 Å². The molecule has 0 radical (unpaired) electrons. The zero-order valence-electron chi connectivity index (χ0n) is 32.4. The number of rotatable bonds is 3. The Hall–Kier alpha value is -6.18. The van der Waals surface area contributed by atoms with Crippen LogP contribution in [0.1, 0.15) is 52.7 Å². The van der Waals surface area contributed by atoms with Gasteiger partial charge < -0.3 is 4.74 Å². The summed E-state index contributed by atoms with van der Waals surface area (Å²) in [4.78, 5) is 0. The van der Waals surface area contributed by atoms with E-state index in [9.17, 15) is 0 Å². The molecule has 1 heterocycles. The lowest BCUT2D eigenvalue weighted by Crippen LogP contribution is -2.16. The molecular formula is C54H44O. The number of fused-ring (bicyclic) bond motifs is 7. The van der Waals surface area contributed by atoms with Crippen molar-refractivity contribution in [3.63, 3.8) is 0 Å². The molecule has 0 fully saturated rings. The molecular weight excluding hydrogens is 665 g/mol. The van der Waals surface area contributed by atoms with Crippen LogP contribution < -0.4 is 4.74 Å². The lowest BCUT2D eigenvalue weighted by molar-refractivity contribution is 0.489. The lowest BCUT2D eigenvalue weighted by atomic mass is 9.79. The predicted molar refractivity (Wildman–Crippen MR) is 236 cm³/mol. The monoisotopic (exact) mass is 708 g/mol. The summed E-state index contributed by atoms with van der Waals surface area (Å²) in [6, 6.07) is 58.5. The molecule has 1 aliphatic rings. The maximum absolute atomic E-state index is 6.86. The Kier molecular flexibility index (Phi) is 7.39. The van der Waals surface area contributed by atoms with Crippen LogP contribution in [0, 0.1) is 0 Å². The highest BCUT2D eigenvalue weighted by molar-refractivity contribution is 6.17. The van der Waals surface area contributed by atoms with E-state index in [0.717, 1.165) is 28.2 Å². The Morgan fingerprint density at radius 2 is 0.873 bits per heavy atom. The number of hydrogen-bond donors (Lipinski definition) is 0. The minimum atomic E-state index is 0.0703. The van der Waals surface area contributed by atoms with Gasteiger partial charge in [-0.25, -0.2) is 0 Å². The van der Waals surface area contributed by atoms with Gasteiger partial charge in [-0.15, -0.1) is 0 Å². The van der Waals surface area contributed by atoms with Crippen LogP contribution in [0.5, 0.6) is 11.5 Å². The number of hydrogen-bond acceptors (Lipinski definition) is 1. The molecule has 0 N–H and O–H groups in total. The van der Waals surface area contributed by atoms with Crippen LogP contribution in [0.4, 0.5) is 0 Å². The molecule has 0 unspecified atom stereocenters. The highest BCUT2D eigenvalue weighted by atomic mass is 16.5. The van der Waals surface area contributed by atoms with Gasteiger partial charge in [0.2, 0.25) is 0 Å². The number of ether oxygens (including phenoxy) is 1. The van der Waals surface area contributed by atoms with Gasteiger partial charge in [0.1, 0.15) is 11.5 Å². The summed E-state index contributed by atoms with van der Waals surface area (Å²) >= 11 is 0. The molecule has 266 valence electrons. The summed E-state index contributed by atoms with van der Waals surface area (Å²) in [6.07, 6.45) is 0. The fourth-order valence-corrected chi connectivity index (χ4v) is 8.58. The van der Waals surface area contributed by atoms with Gasteiger partial charge in [0.15, 0.2) is 0 Å². The second-order valence-electron chi connectivity index (χ2n) is 17.4. The van der Waals surface area contributed by atoms with E-state index < -0.39 is 0 Å². The van der Waals surface area contributed by atoms with Crippen molar-refractivity contribution in [1.82, 2.24) is 0 Å². The zero-order valence-corrected chi connectivity index (χ0v) is 32.4. The summed E-state index contributed by atoms with van der Waals surface area (Å²) in [6.45, 7) is 13.8. The summed E-state index contributed by atoms with van der Waals surface area (Å²) < 4.78 is 6.86.